The number of hydrogen-bond acceptors (Lipinski definition) is 5. The van der Waals surface area contributed by atoms with Crippen molar-refractivity contribution >= 4 is 28.4 Å². The van der Waals surface area contributed by atoms with Gasteiger partial charge in [0.2, 0.25) is 0 Å². The standard InChI is InChI=1S/C10H9N3O3S/c1-12-9(14)6-4-3-5-7(13(15)16)8(6)11-10(12)17-2/h3-5H,1-2H3. The first-order valence-electron chi connectivity index (χ1n) is 4.74. The van der Waals surface area contributed by atoms with Crippen LogP contribution in [0, 0.1) is 10.1 Å². The monoisotopic (exact) mass is 251 g/mol. The van der Waals surface area contributed by atoms with Crippen LogP contribution in [0.3, 0.4) is 0 Å². The van der Waals surface area contributed by atoms with Crippen molar-refractivity contribution in [2.45, 2.75) is 5.16 Å². The fourth-order valence-corrected chi connectivity index (χ4v) is 2.13. The molecule has 0 aliphatic carbocycles. The van der Waals surface area contributed by atoms with Crippen molar-refractivity contribution in [1.29, 1.82) is 0 Å². The topological polar surface area (TPSA) is 78.0 Å². The predicted octanol–water partition coefficient (Wildman–Crippen LogP) is 1.56. The van der Waals surface area contributed by atoms with E-state index in [1.54, 1.807) is 19.4 Å². The zero-order chi connectivity index (χ0) is 12.6. The van der Waals surface area contributed by atoms with Crippen molar-refractivity contribution < 1.29 is 4.92 Å². The molecule has 1 aromatic heterocycles. The summed E-state index contributed by atoms with van der Waals surface area (Å²) < 4.78 is 1.39. The third-order valence-corrected chi connectivity index (χ3v) is 3.15. The number of thioether (sulfide) groups is 1. The number of fused-ring (bicyclic) bond motifs is 1. The molecule has 88 valence electrons. The number of rotatable bonds is 2. The van der Waals surface area contributed by atoms with Gasteiger partial charge in [-0.25, -0.2) is 4.98 Å². The molecule has 7 heteroatoms. The van der Waals surface area contributed by atoms with Gasteiger partial charge in [0, 0.05) is 13.1 Å². The van der Waals surface area contributed by atoms with Crippen LogP contribution >= 0.6 is 11.8 Å². The quantitative estimate of drug-likeness (QED) is 0.350. The molecule has 1 heterocycles. The molecule has 6 nitrogen and oxygen atoms in total. The lowest BCUT2D eigenvalue weighted by Crippen LogP contribution is -2.20. The molecule has 0 amide bonds. The van der Waals surface area contributed by atoms with Gasteiger partial charge >= 0.3 is 0 Å². The molecule has 0 atom stereocenters. The van der Waals surface area contributed by atoms with E-state index < -0.39 is 4.92 Å². The van der Waals surface area contributed by atoms with Crippen LogP contribution in [-0.4, -0.2) is 20.7 Å². The van der Waals surface area contributed by atoms with Crippen molar-refractivity contribution in [3.63, 3.8) is 0 Å². The van der Waals surface area contributed by atoms with Crippen LogP contribution in [0.5, 0.6) is 0 Å². The maximum absolute atomic E-state index is 12.0. The number of hydrogen-bond donors (Lipinski definition) is 0. The molecule has 0 radical (unpaired) electrons. The number of nitro groups is 1. The first kappa shape index (κ1) is 11.6. The number of non-ortho nitro benzene ring substituents is 1. The summed E-state index contributed by atoms with van der Waals surface area (Å²) >= 11 is 1.27. The van der Waals surface area contributed by atoms with Gasteiger partial charge in [0.25, 0.3) is 11.2 Å². The highest BCUT2D eigenvalue weighted by atomic mass is 32.2. The molecule has 0 aliphatic heterocycles. The molecule has 0 aliphatic rings. The van der Waals surface area contributed by atoms with E-state index in [1.165, 1.54) is 28.5 Å². The molecule has 2 aromatic rings. The molecule has 17 heavy (non-hydrogen) atoms. The molecular formula is C10H9N3O3S. The minimum absolute atomic E-state index is 0.143. The average Bonchev–Trinajstić information content (AvgIpc) is 2.32. The Kier molecular flexibility index (Phi) is 2.84. The molecule has 0 fully saturated rings. The van der Waals surface area contributed by atoms with Crippen molar-refractivity contribution in [3.05, 3.63) is 38.7 Å². The van der Waals surface area contributed by atoms with Crippen LogP contribution < -0.4 is 5.56 Å². The molecule has 0 saturated carbocycles. The summed E-state index contributed by atoms with van der Waals surface area (Å²) in [7, 11) is 1.60. The van der Waals surface area contributed by atoms with E-state index in [0.29, 0.717) is 5.16 Å². The van der Waals surface area contributed by atoms with E-state index in [9.17, 15) is 14.9 Å². The maximum atomic E-state index is 12.0. The maximum Gasteiger partial charge on any atom is 0.295 e. The lowest BCUT2D eigenvalue weighted by Gasteiger charge is -2.06. The summed E-state index contributed by atoms with van der Waals surface area (Å²) in [4.78, 5) is 26.5. The Balaban J connectivity index is 2.97. The van der Waals surface area contributed by atoms with E-state index in [-0.39, 0.29) is 22.1 Å². The van der Waals surface area contributed by atoms with Crippen LogP contribution in [0.4, 0.5) is 5.69 Å². The lowest BCUT2D eigenvalue weighted by atomic mass is 10.2. The number of aromatic nitrogens is 2. The van der Waals surface area contributed by atoms with Crippen LogP contribution in [0.25, 0.3) is 10.9 Å². The Morgan fingerprint density at radius 1 is 1.47 bits per heavy atom. The summed E-state index contributed by atoms with van der Waals surface area (Å²) in [5, 5.41) is 11.6. The van der Waals surface area contributed by atoms with Crippen LogP contribution in [-0.2, 0) is 7.05 Å². The first-order chi connectivity index (χ1) is 8.06. The summed E-state index contributed by atoms with van der Waals surface area (Å²) in [5.74, 6) is 0. The van der Waals surface area contributed by atoms with Gasteiger partial charge in [-0.1, -0.05) is 17.8 Å². The lowest BCUT2D eigenvalue weighted by molar-refractivity contribution is -0.383. The normalized spacial score (nSPS) is 10.7. The Bertz CT molecular complexity index is 666. The summed E-state index contributed by atoms with van der Waals surface area (Å²) in [5.41, 5.74) is -0.275. The third-order valence-electron chi connectivity index (χ3n) is 2.42. The van der Waals surface area contributed by atoms with E-state index in [1.807, 2.05) is 0 Å². The zero-order valence-electron chi connectivity index (χ0n) is 9.21. The predicted molar refractivity (Wildman–Crippen MR) is 65.4 cm³/mol. The Labute approximate surface area is 100 Å². The highest BCUT2D eigenvalue weighted by molar-refractivity contribution is 7.98. The van der Waals surface area contributed by atoms with Gasteiger partial charge in [-0.3, -0.25) is 19.5 Å². The van der Waals surface area contributed by atoms with Crippen LogP contribution in [0.15, 0.2) is 28.2 Å². The number of nitro benzene ring substituents is 1. The van der Waals surface area contributed by atoms with Crippen molar-refractivity contribution in [3.8, 4) is 0 Å². The van der Waals surface area contributed by atoms with Gasteiger partial charge in [-0.2, -0.15) is 0 Å². The smallest absolute Gasteiger partial charge is 0.290 e. The first-order valence-corrected chi connectivity index (χ1v) is 5.97. The Hall–Kier alpha value is -1.89. The van der Waals surface area contributed by atoms with Gasteiger partial charge in [-0.15, -0.1) is 0 Å². The highest BCUT2D eigenvalue weighted by Crippen LogP contribution is 2.23. The number of para-hydroxylation sites is 1. The Morgan fingerprint density at radius 2 is 2.18 bits per heavy atom. The second-order valence-corrected chi connectivity index (χ2v) is 4.17. The van der Waals surface area contributed by atoms with E-state index in [4.69, 9.17) is 0 Å². The van der Waals surface area contributed by atoms with Crippen molar-refractivity contribution in [2.24, 2.45) is 7.05 Å². The molecule has 0 N–H and O–H groups in total. The van der Waals surface area contributed by atoms with Gasteiger partial charge in [0.1, 0.15) is 0 Å². The number of nitrogens with zero attached hydrogens (tertiary/aromatic N) is 3. The fraction of sp³-hybridized carbons (Fsp3) is 0.200. The fourth-order valence-electron chi connectivity index (χ4n) is 1.59. The molecular weight excluding hydrogens is 242 g/mol. The molecule has 0 unspecified atom stereocenters. The minimum atomic E-state index is -0.529. The van der Waals surface area contributed by atoms with E-state index in [2.05, 4.69) is 4.98 Å². The summed E-state index contributed by atoms with van der Waals surface area (Å²) in [6, 6.07) is 4.38. The van der Waals surface area contributed by atoms with Gasteiger partial charge in [0.05, 0.1) is 10.3 Å². The largest absolute Gasteiger partial charge is 0.295 e. The second kappa shape index (κ2) is 4.17. The minimum Gasteiger partial charge on any atom is -0.290 e. The Morgan fingerprint density at radius 3 is 2.76 bits per heavy atom. The second-order valence-electron chi connectivity index (χ2n) is 3.39. The van der Waals surface area contributed by atoms with Crippen LogP contribution in [0.1, 0.15) is 0 Å². The SMILES string of the molecule is CSc1nc2c([N+](=O)[O-])cccc2c(=O)n1C. The van der Waals surface area contributed by atoms with Gasteiger partial charge < -0.3 is 0 Å². The van der Waals surface area contributed by atoms with E-state index in [0.717, 1.165) is 0 Å². The third kappa shape index (κ3) is 1.78. The molecule has 0 bridgehead atoms. The molecule has 1 aromatic carbocycles. The molecule has 0 saturated heterocycles. The molecule has 0 spiro atoms. The van der Waals surface area contributed by atoms with Gasteiger partial charge in [0.15, 0.2) is 10.7 Å². The zero-order valence-corrected chi connectivity index (χ0v) is 10.0. The molecule has 2 rings (SSSR count). The van der Waals surface area contributed by atoms with Crippen molar-refractivity contribution in [1.82, 2.24) is 9.55 Å². The van der Waals surface area contributed by atoms with E-state index >= 15 is 0 Å². The average molecular weight is 251 g/mol. The van der Waals surface area contributed by atoms with Crippen molar-refractivity contribution in [2.75, 3.05) is 6.26 Å². The summed E-state index contributed by atoms with van der Waals surface area (Å²) in [6.45, 7) is 0. The highest BCUT2D eigenvalue weighted by Gasteiger charge is 2.17. The van der Waals surface area contributed by atoms with Crippen LogP contribution in [0.2, 0.25) is 0 Å². The summed E-state index contributed by atoms with van der Waals surface area (Å²) in [6.07, 6.45) is 1.77. The van der Waals surface area contributed by atoms with Gasteiger partial charge in [-0.05, 0) is 12.3 Å². The number of benzene rings is 1.